The SMILES string of the molecule is COc1cc(NC(C)=O)c(Cl)cc1C(=O)Nc1nnc(C2CC(=O)N(c3cccc(C)c3)C2)s1. The molecule has 2 aromatic carbocycles. The fourth-order valence-corrected chi connectivity index (χ4v) is 4.76. The summed E-state index contributed by atoms with van der Waals surface area (Å²) < 4.78 is 5.30. The highest BCUT2D eigenvalue weighted by Gasteiger charge is 2.34. The van der Waals surface area contributed by atoms with E-state index in [1.807, 2.05) is 31.2 Å². The van der Waals surface area contributed by atoms with Crippen LogP contribution in [0.1, 0.15) is 40.2 Å². The molecule has 3 amide bonds. The quantitative estimate of drug-likeness (QED) is 0.524. The molecule has 1 aliphatic heterocycles. The van der Waals surface area contributed by atoms with Crippen molar-refractivity contribution in [3.63, 3.8) is 0 Å². The summed E-state index contributed by atoms with van der Waals surface area (Å²) in [6, 6.07) is 10.7. The molecule has 1 aliphatic rings. The summed E-state index contributed by atoms with van der Waals surface area (Å²) in [7, 11) is 1.41. The van der Waals surface area contributed by atoms with Crippen LogP contribution in [0.5, 0.6) is 5.75 Å². The molecule has 176 valence electrons. The molecule has 1 aromatic heterocycles. The zero-order valence-corrected chi connectivity index (χ0v) is 20.3. The second-order valence-corrected chi connectivity index (χ2v) is 9.27. The maximum absolute atomic E-state index is 12.9. The van der Waals surface area contributed by atoms with Crippen LogP contribution >= 0.6 is 22.9 Å². The molecule has 11 heteroatoms. The number of amides is 3. The van der Waals surface area contributed by atoms with Gasteiger partial charge in [0.1, 0.15) is 10.8 Å². The van der Waals surface area contributed by atoms with Gasteiger partial charge in [-0.25, -0.2) is 0 Å². The maximum Gasteiger partial charge on any atom is 0.261 e. The number of nitrogens with zero attached hydrogens (tertiary/aromatic N) is 3. The summed E-state index contributed by atoms with van der Waals surface area (Å²) in [4.78, 5) is 38.6. The molecule has 1 atom stereocenters. The van der Waals surface area contributed by atoms with Crippen molar-refractivity contribution < 1.29 is 19.1 Å². The summed E-state index contributed by atoms with van der Waals surface area (Å²) in [5.41, 5.74) is 2.46. The lowest BCUT2D eigenvalue weighted by Crippen LogP contribution is -2.24. The molecule has 4 rings (SSSR count). The highest BCUT2D eigenvalue weighted by Crippen LogP contribution is 2.35. The number of halogens is 1. The average Bonchev–Trinajstić information content (AvgIpc) is 3.41. The van der Waals surface area contributed by atoms with Crippen molar-refractivity contribution in [2.24, 2.45) is 0 Å². The molecule has 0 spiro atoms. The van der Waals surface area contributed by atoms with Crippen molar-refractivity contribution in [1.29, 1.82) is 0 Å². The molecule has 0 radical (unpaired) electrons. The number of hydrogen-bond donors (Lipinski definition) is 2. The van der Waals surface area contributed by atoms with E-state index in [-0.39, 0.29) is 34.1 Å². The van der Waals surface area contributed by atoms with Crippen molar-refractivity contribution in [2.45, 2.75) is 26.2 Å². The molecule has 0 aliphatic carbocycles. The molecular weight excluding hydrogens is 478 g/mol. The first-order valence-electron chi connectivity index (χ1n) is 10.4. The highest BCUT2D eigenvalue weighted by atomic mass is 35.5. The Kier molecular flexibility index (Phi) is 6.80. The highest BCUT2D eigenvalue weighted by molar-refractivity contribution is 7.15. The van der Waals surface area contributed by atoms with Crippen molar-refractivity contribution in [3.8, 4) is 5.75 Å². The first-order valence-corrected chi connectivity index (χ1v) is 11.6. The third-order valence-electron chi connectivity index (χ3n) is 5.29. The van der Waals surface area contributed by atoms with Crippen LogP contribution in [-0.2, 0) is 9.59 Å². The predicted molar refractivity (Wildman–Crippen MR) is 131 cm³/mol. The van der Waals surface area contributed by atoms with Gasteiger partial charge in [-0.15, -0.1) is 10.2 Å². The van der Waals surface area contributed by atoms with Crippen LogP contribution in [0.4, 0.5) is 16.5 Å². The Labute approximate surface area is 205 Å². The number of rotatable bonds is 6. The van der Waals surface area contributed by atoms with Gasteiger partial charge < -0.3 is 15.0 Å². The minimum absolute atomic E-state index is 0.0232. The smallest absolute Gasteiger partial charge is 0.261 e. The van der Waals surface area contributed by atoms with E-state index in [1.54, 1.807) is 4.90 Å². The topological polar surface area (TPSA) is 114 Å². The van der Waals surface area contributed by atoms with Crippen molar-refractivity contribution in [2.75, 3.05) is 29.2 Å². The van der Waals surface area contributed by atoms with Gasteiger partial charge in [0, 0.05) is 37.6 Å². The predicted octanol–water partition coefficient (Wildman–Crippen LogP) is 4.24. The molecule has 2 N–H and O–H groups in total. The van der Waals surface area contributed by atoms with Crippen LogP contribution in [0.15, 0.2) is 36.4 Å². The molecule has 1 unspecified atom stereocenters. The number of nitrogens with one attached hydrogen (secondary N) is 2. The van der Waals surface area contributed by atoms with Crippen molar-refractivity contribution >= 4 is 57.2 Å². The fraction of sp³-hybridized carbons (Fsp3) is 0.261. The second kappa shape index (κ2) is 9.78. The summed E-state index contributed by atoms with van der Waals surface area (Å²) in [5.74, 6) is -0.633. The largest absolute Gasteiger partial charge is 0.496 e. The molecule has 3 aromatic rings. The van der Waals surface area contributed by atoms with Gasteiger partial charge in [0.15, 0.2) is 0 Å². The standard InChI is InChI=1S/C23H22ClN5O4S/c1-12-5-4-6-15(7-12)29-11-14(8-20(29)31)22-27-28-23(34-22)26-21(32)16-9-17(24)18(25-13(2)30)10-19(16)33-3/h4-7,9-10,14H,8,11H2,1-3H3,(H,25,30)(H,26,28,32). The number of carbonyl (C=O) groups excluding carboxylic acids is 3. The zero-order valence-electron chi connectivity index (χ0n) is 18.7. The molecule has 2 heterocycles. The number of benzene rings is 2. The molecule has 0 saturated carbocycles. The van der Waals surface area contributed by atoms with Crippen LogP contribution < -0.4 is 20.3 Å². The summed E-state index contributed by atoms with van der Waals surface area (Å²) in [6.07, 6.45) is 0.324. The van der Waals surface area contributed by atoms with Gasteiger partial charge in [-0.1, -0.05) is 35.1 Å². The Bertz CT molecular complexity index is 1280. The Balaban J connectivity index is 1.48. The number of carbonyl (C=O) groups is 3. The lowest BCUT2D eigenvalue weighted by Gasteiger charge is -2.16. The normalized spacial score (nSPS) is 15.4. The Hall–Kier alpha value is -3.50. The molecule has 34 heavy (non-hydrogen) atoms. The van der Waals surface area contributed by atoms with E-state index in [0.29, 0.717) is 28.8 Å². The fourth-order valence-electron chi connectivity index (χ4n) is 3.72. The van der Waals surface area contributed by atoms with E-state index in [4.69, 9.17) is 16.3 Å². The van der Waals surface area contributed by atoms with Crippen molar-refractivity contribution in [3.05, 3.63) is 57.6 Å². The van der Waals surface area contributed by atoms with Crippen LogP contribution in [0.3, 0.4) is 0 Å². The van der Waals surface area contributed by atoms with E-state index in [1.165, 1.54) is 37.5 Å². The van der Waals surface area contributed by atoms with Gasteiger partial charge in [0.05, 0.1) is 23.4 Å². The Morgan fingerprint density at radius 1 is 1.21 bits per heavy atom. The van der Waals surface area contributed by atoms with Gasteiger partial charge in [0.25, 0.3) is 5.91 Å². The first-order chi connectivity index (χ1) is 16.2. The van der Waals surface area contributed by atoms with Gasteiger partial charge in [-0.3, -0.25) is 19.7 Å². The van der Waals surface area contributed by atoms with Gasteiger partial charge in [-0.05, 0) is 30.7 Å². The minimum Gasteiger partial charge on any atom is -0.496 e. The number of aryl methyl sites for hydroxylation is 1. The van der Waals surface area contributed by atoms with E-state index in [2.05, 4.69) is 20.8 Å². The Morgan fingerprint density at radius 2 is 2.00 bits per heavy atom. The van der Waals surface area contributed by atoms with Crippen LogP contribution in [0.2, 0.25) is 5.02 Å². The van der Waals surface area contributed by atoms with Crippen LogP contribution in [-0.4, -0.2) is 41.6 Å². The van der Waals surface area contributed by atoms with Crippen LogP contribution in [0.25, 0.3) is 0 Å². The molecule has 1 fully saturated rings. The number of anilines is 3. The number of methoxy groups -OCH3 is 1. The number of ether oxygens (including phenoxy) is 1. The Morgan fingerprint density at radius 3 is 2.71 bits per heavy atom. The molecule has 1 saturated heterocycles. The van der Waals surface area contributed by atoms with E-state index >= 15 is 0 Å². The third kappa shape index (κ3) is 5.02. The molecular formula is C23H22ClN5O4S. The third-order valence-corrected chi connectivity index (χ3v) is 6.61. The zero-order chi connectivity index (χ0) is 24.4. The average molecular weight is 500 g/mol. The van der Waals surface area contributed by atoms with Gasteiger partial charge in [-0.2, -0.15) is 0 Å². The minimum atomic E-state index is -0.486. The monoisotopic (exact) mass is 499 g/mol. The van der Waals surface area contributed by atoms with Crippen LogP contribution in [0, 0.1) is 6.92 Å². The molecule has 9 nitrogen and oxygen atoms in total. The maximum atomic E-state index is 12.9. The first kappa shape index (κ1) is 23.7. The summed E-state index contributed by atoms with van der Waals surface area (Å²) in [5, 5.41) is 14.7. The van der Waals surface area contributed by atoms with Gasteiger partial charge in [0.2, 0.25) is 16.9 Å². The number of hydrogen-bond acceptors (Lipinski definition) is 7. The van der Waals surface area contributed by atoms with E-state index < -0.39 is 5.91 Å². The van der Waals surface area contributed by atoms with Gasteiger partial charge >= 0.3 is 0 Å². The summed E-state index contributed by atoms with van der Waals surface area (Å²) >= 11 is 7.44. The second-order valence-electron chi connectivity index (χ2n) is 7.86. The summed E-state index contributed by atoms with van der Waals surface area (Å²) in [6.45, 7) is 3.84. The number of aromatic nitrogens is 2. The van der Waals surface area contributed by atoms with Crippen molar-refractivity contribution in [1.82, 2.24) is 10.2 Å². The van der Waals surface area contributed by atoms with E-state index in [0.717, 1.165) is 11.3 Å². The van der Waals surface area contributed by atoms with E-state index in [9.17, 15) is 14.4 Å². The lowest BCUT2D eigenvalue weighted by molar-refractivity contribution is -0.117. The molecule has 0 bridgehead atoms. The lowest BCUT2D eigenvalue weighted by atomic mass is 10.1.